The van der Waals surface area contributed by atoms with E-state index in [-0.39, 0.29) is 6.10 Å². The van der Waals surface area contributed by atoms with Gasteiger partial charge in [0.25, 0.3) is 0 Å². The molecule has 1 aliphatic heterocycles. The topological polar surface area (TPSA) is 38.5 Å². The first-order chi connectivity index (χ1) is 7.80. The lowest BCUT2D eigenvalue weighted by Crippen LogP contribution is -2.37. The summed E-state index contributed by atoms with van der Waals surface area (Å²) >= 11 is 0. The molecule has 2 N–H and O–H groups in total. The molecule has 0 spiro atoms. The van der Waals surface area contributed by atoms with Gasteiger partial charge >= 0.3 is 0 Å². The Hall–Kier alpha value is -0.120. The van der Waals surface area contributed by atoms with Gasteiger partial charge in [0.15, 0.2) is 0 Å². The van der Waals surface area contributed by atoms with Crippen LogP contribution in [0.15, 0.2) is 0 Å². The fraction of sp³-hybridized carbons (Fsp3) is 1.00. The predicted octanol–water partition coefficient (Wildman–Crippen LogP) is 1.86. The lowest BCUT2D eigenvalue weighted by atomic mass is 9.94. The van der Waals surface area contributed by atoms with E-state index in [1.165, 1.54) is 32.4 Å². The van der Waals surface area contributed by atoms with Gasteiger partial charge in [-0.2, -0.15) is 0 Å². The second-order valence-corrected chi connectivity index (χ2v) is 4.79. The predicted molar refractivity (Wildman–Crippen MR) is 68.5 cm³/mol. The molecule has 0 aromatic heterocycles. The number of nitrogens with zero attached hydrogens (tertiary/aromatic N) is 1. The highest BCUT2D eigenvalue weighted by molar-refractivity contribution is 4.72. The summed E-state index contributed by atoms with van der Waals surface area (Å²) in [4.78, 5) is 2.56. The first-order valence-corrected chi connectivity index (χ1v) is 6.84. The number of ether oxygens (including phenoxy) is 1. The second-order valence-electron chi connectivity index (χ2n) is 4.79. The molecule has 0 amide bonds. The molecule has 1 rings (SSSR count). The van der Waals surface area contributed by atoms with Gasteiger partial charge in [0.2, 0.25) is 0 Å². The van der Waals surface area contributed by atoms with Gasteiger partial charge in [-0.25, -0.2) is 0 Å². The minimum absolute atomic E-state index is 0.258. The average molecular weight is 228 g/mol. The lowest BCUT2D eigenvalue weighted by Gasteiger charge is -2.32. The zero-order chi connectivity index (χ0) is 11.8. The SMILES string of the molecule is CCOC(CN)CCN1CCC(CC)CC1. The molecule has 0 radical (unpaired) electrons. The number of piperidine rings is 1. The molecular formula is C13H28N2O. The van der Waals surface area contributed by atoms with E-state index in [9.17, 15) is 0 Å². The lowest BCUT2D eigenvalue weighted by molar-refractivity contribution is 0.0504. The fourth-order valence-corrected chi connectivity index (χ4v) is 2.45. The van der Waals surface area contributed by atoms with Crippen molar-refractivity contribution in [1.82, 2.24) is 4.90 Å². The van der Waals surface area contributed by atoms with E-state index in [1.807, 2.05) is 6.92 Å². The second kappa shape index (κ2) is 8.04. The molecule has 1 aliphatic rings. The van der Waals surface area contributed by atoms with Gasteiger partial charge in [0.1, 0.15) is 0 Å². The molecule has 1 unspecified atom stereocenters. The van der Waals surface area contributed by atoms with Crippen LogP contribution in [0.5, 0.6) is 0 Å². The Labute approximate surface area is 100 Å². The summed E-state index contributed by atoms with van der Waals surface area (Å²) in [5.74, 6) is 0.966. The molecule has 0 bridgehead atoms. The van der Waals surface area contributed by atoms with Crippen molar-refractivity contribution in [2.75, 3.05) is 32.8 Å². The van der Waals surface area contributed by atoms with E-state index in [4.69, 9.17) is 10.5 Å². The van der Waals surface area contributed by atoms with Gasteiger partial charge in [0.05, 0.1) is 6.10 Å². The number of hydrogen-bond donors (Lipinski definition) is 1. The van der Waals surface area contributed by atoms with Crippen molar-refractivity contribution in [2.24, 2.45) is 11.7 Å². The number of hydrogen-bond acceptors (Lipinski definition) is 3. The Balaban J connectivity index is 2.13. The van der Waals surface area contributed by atoms with E-state index in [0.29, 0.717) is 6.54 Å². The van der Waals surface area contributed by atoms with Crippen molar-refractivity contribution >= 4 is 0 Å². The highest BCUT2D eigenvalue weighted by atomic mass is 16.5. The van der Waals surface area contributed by atoms with Crippen LogP contribution < -0.4 is 5.73 Å². The number of likely N-dealkylation sites (tertiary alicyclic amines) is 1. The van der Waals surface area contributed by atoms with Gasteiger partial charge in [-0.3, -0.25) is 0 Å². The van der Waals surface area contributed by atoms with E-state index < -0.39 is 0 Å². The molecular weight excluding hydrogens is 200 g/mol. The third-order valence-electron chi connectivity index (χ3n) is 3.72. The summed E-state index contributed by atoms with van der Waals surface area (Å²) < 4.78 is 5.57. The van der Waals surface area contributed by atoms with E-state index >= 15 is 0 Å². The minimum atomic E-state index is 0.258. The molecule has 0 saturated carbocycles. The quantitative estimate of drug-likeness (QED) is 0.723. The Morgan fingerprint density at radius 1 is 1.31 bits per heavy atom. The number of nitrogens with two attached hydrogens (primary N) is 1. The van der Waals surface area contributed by atoms with Crippen LogP contribution in [0.4, 0.5) is 0 Å². The number of rotatable bonds is 7. The minimum Gasteiger partial charge on any atom is -0.377 e. The van der Waals surface area contributed by atoms with Gasteiger partial charge < -0.3 is 15.4 Å². The first kappa shape index (κ1) is 13.9. The third-order valence-corrected chi connectivity index (χ3v) is 3.72. The van der Waals surface area contributed by atoms with Crippen LogP contribution in [-0.2, 0) is 4.74 Å². The Kier molecular flexibility index (Phi) is 7.01. The van der Waals surface area contributed by atoms with E-state index in [0.717, 1.165) is 25.5 Å². The van der Waals surface area contributed by atoms with Crippen molar-refractivity contribution in [2.45, 2.75) is 45.6 Å². The molecule has 3 heteroatoms. The van der Waals surface area contributed by atoms with Crippen LogP contribution in [0.1, 0.15) is 39.5 Å². The van der Waals surface area contributed by atoms with Crippen LogP contribution in [0.3, 0.4) is 0 Å². The van der Waals surface area contributed by atoms with E-state index in [2.05, 4.69) is 11.8 Å². The zero-order valence-electron chi connectivity index (χ0n) is 11.0. The van der Waals surface area contributed by atoms with Crippen LogP contribution in [0, 0.1) is 5.92 Å². The van der Waals surface area contributed by atoms with E-state index in [1.54, 1.807) is 0 Å². The average Bonchev–Trinajstić information content (AvgIpc) is 2.35. The molecule has 1 fully saturated rings. The zero-order valence-corrected chi connectivity index (χ0v) is 11.0. The molecule has 3 nitrogen and oxygen atoms in total. The maximum Gasteiger partial charge on any atom is 0.0709 e. The summed E-state index contributed by atoms with van der Waals surface area (Å²) in [5, 5.41) is 0. The third kappa shape index (κ3) is 4.81. The van der Waals surface area contributed by atoms with Crippen molar-refractivity contribution in [3.63, 3.8) is 0 Å². The Bertz CT molecular complexity index is 167. The largest absolute Gasteiger partial charge is 0.377 e. The molecule has 0 aliphatic carbocycles. The normalized spacial score (nSPS) is 21.2. The van der Waals surface area contributed by atoms with Crippen LogP contribution in [0.2, 0.25) is 0 Å². The molecule has 96 valence electrons. The standard InChI is InChI=1S/C13H28N2O/c1-3-12-5-8-15(9-6-12)10-7-13(11-14)16-4-2/h12-13H,3-11,14H2,1-2H3. The van der Waals surface area contributed by atoms with Crippen molar-refractivity contribution in [1.29, 1.82) is 0 Å². The maximum absolute atomic E-state index is 5.67. The van der Waals surface area contributed by atoms with Gasteiger partial charge in [-0.1, -0.05) is 13.3 Å². The van der Waals surface area contributed by atoms with Gasteiger partial charge in [0, 0.05) is 19.7 Å². The highest BCUT2D eigenvalue weighted by Gasteiger charge is 2.18. The molecule has 1 atom stereocenters. The summed E-state index contributed by atoms with van der Waals surface area (Å²) in [5.41, 5.74) is 5.67. The van der Waals surface area contributed by atoms with Crippen molar-refractivity contribution in [3.05, 3.63) is 0 Å². The molecule has 16 heavy (non-hydrogen) atoms. The molecule has 0 aromatic rings. The highest BCUT2D eigenvalue weighted by Crippen LogP contribution is 2.20. The van der Waals surface area contributed by atoms with Crippen LogP contribution in [-0.4, -0.2) is 43.8 Å². The summed E-state index contributed by atoms with van der Waals surface area (Å²) in [6.45, 7) is 9.45. The molecule has 0 aromatic carbocycles. The summed E-state index contributed by atoms with van der Waals surface area (Å²) in [7, 11) is 0. The van der Waals surface area contributed by atoms with Gasteiger partial charge in [-0.05, 0) is 45.2 Å². The maximum atomic E-state index is 5.67. The summed E-state index contributed by atoms with van der Waals surface area (Å²) in [6.07, 6.45) is 5.44. The Morgan fingerprint density at radius 3 is 2.50 bits per heavy atom. The summed E-state index contributed by atoms with van der Waals surface area (Å²) in [6, 6.07) is 0. The molecule has 1 saturated heterocycles. The monoisotopic (exact) mass is 228 g/mol. The van der Waals surface area contributed by atoms with Crippen molar-refractivity contribution < 1.29 is 4.74 Å². The van der Waals surface area contributed by atoms with Crippen LogP contribution >= 0.6 is 0 Å². The van der Waals surface area contributed by atoms with Crippen LogP contribution in [0.25, 0.3) is 0 Å². The Morgan fingerprint density at radius 2 is 2.00 bits per heavy atom. The first-order valence-electron chi connectivity index (χ1n) is 6.84. The van der Waals surface area contributed by atoms with Crippen molar-refractivity contribution in [3.8, 4) is 0 Å². The smallest absolute Gasteiger partial charge is 0.0709 e. The van der Waals surface area contributed by atoms with Gasteiger partial charge in [-0.15, -0.1) is 0 Å². The fourth-order valence-electron chi connectivity index (χ4n) is 2.45. The molecule has 1 heterocycles.